The van der Waals surface area contributed by atoms with Gasteiger partial charge in [-0.2, -0.15) is 0 Å². The third kappa shape index (κ3) is 5.25. The Hall–Kier alpha value is -1.00. The van der Waals surface area contributed by atoms with Gasteiger partial charge >= 0.3 is 0 Å². The van der Waals surface area contributed by atoms with Crippen LogP contribution >= 0.6 is 0 Å². The molecule has 0 amide bonds. The van der Waals surface area contributed by atoms with E-state index in [1.165, 1.54) is 76.6 Å². The largest absolute Gasteiger partial charge is 0.303 e. The van der Waals surface area contributed by atoms with E-state index in [0.29, 0.717) is 0 Å². The molecule has 2 rings (SSSR count). The van der Waals surface area contributed by atoms with Crippen molar-refractivity contribution in [2.75, 3.05) is 19.6 Å². The Morgan fingerprint density at radius 3 is 2.53 bits per heavy atom. The number of nitrogens with zero attached hydrogens (tertiary/aromatic N) is 1. The first-order valence-corrected chi connectivity index (χ1v) is 7.96. The average Bonchev–Trinajstić information content (AvgIpc) is 2.97. The molecule has 0 spiro atoms. The summed E-state index contributed by atoms with van der Waals surface area (Å²) in [5, 5.41) is 0. The van der Waals surface area contributed by atoms with Gasteiger partial charge in [0.1, 0.15) is 0 Å². The van der Waals surface area contributed by atoms with Gasteiger partial charge in [-0.3, -0.25) is 0 Å². The van der Waals surface area contributed by atoms with Crippen LogP contribution in [0.2, 0.25) is 0 Å². The smallest absolute Gasteiger partial charge is 0.00180 e. The summed E-state index contributed by atoms with van der Waals surface area (Å²) in [7, 11) is 0. The van der Waals surface area contributed by atoms with Gasteiger partial charge in [0.2, 0.25) is 0 Å². The van der Waals surface area contributed by atoms with Crippen molar-refractivity contribution in [2.45, 2.75) is 57.8 Å². The molecule has 1 saturated carbocycles. The molecule has 0 aromatic rings. The van der Waals surface area contributed by atoms with E-state index in [1.54, 1.807) is 5.57 Å². The molecule has 1 heteroatoms. The fourth-order valence-electron chi connectivity index (χ4n) is 3.09. The van der Waals surface area contributed by atoms with Crippen LogP contribution < -0.4 is 0 Å². The molecule has 0 N–H and O–H groups in total. The van der Waals surface area contributed by atoms with E-state index >= 15 is 0 Å². The van der Waals surface area contributed by atoms with E-state index in [-0.39, 0.29) is 0 Å². The summed E-state index contributed by atoms with van der Waals surface area (Å²) in [6.07, 6.45) is 21.8. The summed E-state index contributed by atoms with van der Waals surface area (Å²) in [6, 6.07) is 0. The van der Waals surface area contributed by atoms with Crippen LogP contribution in [0.1, 0.15) is 57.8 Å². The lowest BCUT2D eigenvalue weighted by Crippen LogP contribution is -2.20. The van der Waals surface area contributed by atoms with Crippen LogP contribution in [0.5, 0.6) is 0 Å². The summed E-state index contributed by atoms with van der Waals surface area (Å²) in [5.74, 6) is 2.87. The first-order valence-electron chi connectivity index (χ1n) is 7.96. The van der Waals surface area contributed by atoms with E-state index in [2.05, 4.69) is 23.0 Å². The van der Waals surface area contributed by atoms with Gasteiger partial charge in [0, 0.05) is 5.57 Å². The third-order valence-corrected chi connectivity index (χ3v) is 4.32. The lowest BCUT2D eigenvalue weighted by molar-refractivity contribution is 0.334. The van der Waals surface area contributed by atoms with Crippen LogP contribution in [0.4, 0.5) is 0 Å². The first kappa shape index (κ1) is 14.4. The fraction of sp³-hybridized carbons (Fsp3) is 0.667. The Bertz CT molecular complexity index is 356. The highest BCUT2D eigenvalue weighted by Crippen LogP contribution is 2.23. The highest BCUT2D eigenvalue weighted by Gasteiger charge is 2.10. The van der Waals surface area contributed by atoms with Crippen molar-refractivity contribution in [2.24, 2.45) is 0 Å². The second kappa shape index (κ2) is 8.23. The lowest BCUT2D eigenvalue weighted by atomic mass is 9.94. The molecule has 1 aliphatic carbocycles. The SMILES string of the molecule is C#C/C(=C\C=C1CCCCC1)CCCN1CCCC1. The molecule has 0 aromatic heterocycles. The maximum absolute atomic E-state index is 5.62. The van der Waals surface area contributed by atoms with Crippen molar-refractivity contribution >= 4 is 0 Å². The van der Waals surface area contributed by atoms with E-state index in [4.69, 9.17) is 6.42 Å². The zero-order chi connectivity index (χ0) is 13.3. The van der Waals surface area contributed by atoms with Crippen molar-refractivity contribution in [1.82, 2.24) is 4.90 Å². The Balaban J connectivity index is 1.73. The fourth-order valence-corrected chi connectivity index (χ4v) is 3.09. The number of terminal acetylenes is 1. The van der Waals surface area contributed by atoms with Crippen LogP contribution in [0, 0.1) is 12.3 Å². The zero-order valence-electron chi connectivity index (χ0n) is 12.2. The molecule has 1 saturated heterocycles. The molecule has 1 aliphatic heterocycles. The summed E-state index contributed by atoms with van der Waals surface area (Å²) >= 11 is 0. The van der Waals surface area contributed by atoms with Gasteiger partial charge in [0.05, 0.1) is 0 Å². The molecule has 0 radical (unpaired) electrons. The molecule has 1 heterocycles. The Morgan fingerprint density at radius 2 is 1.84 bits per heavy atom. The molecule has 0 aromatic carbocycles. The van der Waals surface area contributed by atoms with Crippen LogP contribution in [0.3, 0.4) is 0 Å². The maximum atomic E-state index is 5.62. The van der Waals surface area contributed by atoms with Crippen LogP contribution in [0.25, 0.3) is 0 Å². The van der Waals surface area contributed by atoms with Crippen molar-refractivity contribution in [1.29, 1.82) is 0 Å². The number of hydrogen-bond acceptors (Lipinski definition) is 1. The third-order valence-electron chi connectivity index (χ3n) is 4.32. The summed E-state index contributed by atoms with van der Waals surface area (Å²) in [4.78, 5) is 2.56. The molecule has 0 unspecified atom stereocenters. The predicted molar refractivity (Wildman–Crippen MR) is 83.0 cm³/mol. The second-order valence-corrected chi connectivity index (χ2v) is 5.87. The van der Waals surface area contributed by atoms with E-state index < -0.39 is 0 Å². The number of likely N-dealkylation sites (tertiary alicyclic amines) is 1. The zero-order valence-corrected chi connectivity index (χ0v) is 12.2. The van der Waals surface area contributed by atoms with E-state index in [9.17, 15) is 0 Å². The summed E-state index contributed by atoms with van der Waals surface area (Å²) < 4.78 is 0. The van der Waals surface area contributed by atoms with Gasteiger partial charge in [-0.05, 0) is 71.0 Å². The molecule has 104 valence electrons. The maximum Gasteiger partial charge on any atom is 0.00180 e. The topological polar surface area (TPSA) is 3.24 Å². The summed E-state index contributed by atoms with van der Waals surface area (Å²) in [6.45, 7) is 3.80. The van der Waals surface area contributed by atoms with Gasteiger partial charge in [0.15, 0.2) is 0 Å². The Labute approximate surface area is 118 Å². The van der Waals surface area contributed by atoms with Crippen molar-refractivity contribution in [3.63, 3.8) is 0 Å². The molecule has 0 bridgehead atoms. The molecule has 1 nitrogen and oxygen atoms in total. The molecule has 2 fully saturated rings. The number of hydrogen-bond donors (Lipinski definition) is 0. The Kier molecular flexibility index (Phi) is 6.24. The lowest BCUT2D eigenvalue weighted by Gasteiger charge is -2.14. The van der Waals surface area contributed by atoms with E-state index in [0.717, 1.165) is 6.42 Å². The molecule has 2 aliphatic rings. The Morgan fingerprint density at radius 1 is 1.11 bits per heavy atom. The highest BCUT2D eigenvalue weighted by atomic mass is 15.1. The predicted octanol–water partition coefficient (Wildman–Crippen LogP) is 4.31. The van der Waals surface area contributed by atoms with Crippen LogP contribution in [-0.4, -0.2) is 24.5 Å². The second-order valence-electron chi connectivity index (χ2n) is 5.87. The van der Waals surface area contributed by atoms with Gasteiger partial charge in [-0.25, -0.2) is 0 Å². The molecule has 19 heavy (non-hydrogen) atoms. The van der Waals surface area contributed by atoms with Gasteiger partial charge in [-0.15, -0.1) is 6.42 Å². The van der Waals surface area contributed by atoms with Gasteiger partial charge in [0.25, 0.3) is 0 Å². The van der Waals surface area contributed by atoms with E-state index in [1.807, 2.05) is 0 Å². The van der Waals surface area contributed by atoms with Gasteiger partial charge in [-0.1, -0.05) is 30.1 Å². The number of allylic oxidation sites excluding steroid dienone is 4. The number of rotatable bonds is 5. The van der Waals surface area contributed by atoms with Crippen molar-refractivity contribution in [3.8, 4) is 12.3 Å². The van der Waals surface area contributed by atoms with Crippen LogP contribution in [0.15, 0.2) is 23.3 Å². The quantitative estimate of drug-likeness (QED) is 0.663. The van der Waals surface area contributed by atoms with Crippen molar-refractivity contribution < 1.29 is 0 Å². The summed E-state index contributed by atoms with van der Waals surface area (Å²) in [5.41, 5.74) is 2.77. The highest BCUT2D eigenvalue weighted by molar-refractivity contribution is 5.30. The standard InChI is InChI=1S/C18H27N/c1-2-17(11-8-16-19-14-6-7-15-19)12-13-18-9-4-3-5-10-18/h1,12-13H,3-11,14-16H2/b17-12+. The van der Waals surface area contributed by atoms with Crippen LogP contribution in [-0.2, 0) is 0 Å². The van der Waals surface area contributed by atoms with Crippen molar-refractivity contribution in [3.05, 3.63) is 23.3 Å². The minimum Gasteiger partial charge on any atom is -0.303 e. The first-order chi connectivity index (χ1) is 9.38. The average molecular weight is 257 g/mol. The molecule has 0 atom stereocenters. The molecular weight excluding hydrogens is 230 g/mol. The molecular formula is C18H27N. The monoisotopic (exact) mass is 257 g/mol. The van der Waals surface area contributed by atoms with Gasteiger partial charge < -0.3 is 4.90 Å². The minimum atomic E-state index is 1.07. The minimum absolute atomic E-state index is 1.07. The normalized spacial score (nSPS) is 21.4.